The van der Waals surface area contributed by atoms with Crippen molar-refractivity contribution in [2.24, 2.45) is 0 Å². The van der Waals surface area contributed by atoms with Gasteiger partial charge in [-0.05, 0) is 36.1 Å². The summed E-state index contributed by atoms with van der Waals surface area (Å²) in [7, 11) is -1.46. The molecule has 0 aromatic heterocycles. The summed E-state index contributed by atoms with van der Waals surface area (Å²) in [6.07, 6.45) is 0.962. The van der Waals surface area contributed by atoms with E-state index in [1.807, 2.05) is 30.3 Å². The van der Waals surface area contributed by atoms with Crippen LogP contribution in [0.1, 0.15) is 17.5 Å². The zero-order valence-electron chi connectivity index (χ0n) is 11.9. The Balaban J connectivity index is 1.99. The molecule has 0 aliphatic rings. The topological polar surface area (TPSA) is 54.4 Å². The van der Waals surface area contributed by atoms with E-state index in [9.17, 15) is 14.1 Å². The Hall–Kier alpha value is -1.65. The van der Waals surface area contributed by atoms with Crippen molar-refractivity contribution in [3.63, 3.8) is 0 Å². The average molecular weight is 337 g/mol. The van der Waals surface area contributed by atoms with E-state index in [4.69, 9.17) is 11.6 Å². The van der Waals surface area contributed by atoms with Crippen molar-refractivity contribution in [2.75, 3.05) is 0 Å². The van der Waals surface area contributed by atoms with E-state index < -0.39 is 22.0 Å². The lowest BCUT2D eigenvalue weighted by atomic mass is 10.1. The lowest BCUT2D eigenvalue weighted by Gasteiger charge is -2.12. The maximum absolute atomic E-state index is 12.4. The highest BCUT2D eigenvalue weighted by Crippen LogP contribution is 2.16. The smallest absolute Gasteiger partial charge is 0.319 e. The summed E-state index contributed by atoms with van der Waals surface area (Å²) < 4.78 is 12.4. The number of carboxylic acid groups (broad SMARTS) is 1. The number of aryl methyl sites for hydroxylation is 1. The van der Waals surface area contributed by atoms with E-state index in [1.54, 1.807) is 24.3 Å². The van der Waals surface area contributed by atoms with Crippen LogP contribution in [-0.2, 0) is 27.8 Å². The van der Waals surface area contributed by atoms with Crippen molar-refractivity contribution in [1.29, 1.82) is 0 Å². The maximum Gasteiger partial charge on any atom is 0.319 e. The molecule has 0 bridgehead atoms. The molecule has 1 N–H and O–H groups in total. The lowest BCUT2D eigenvalue weighted by Crippen LogP contribution is -2.27. The van der Waals surface area contributed by atoms with Crippen LogP contribution < -0.4 is 0 Å². The van der Waals surface area contributed by atoms with E-state index in [2.05, 4.69) is 0 Å². The number of rotatable bonds is 7. The number of halogens is 1. The molecule has 2 atom stereocenters. The summed E-state index contributed by atoms with van der Waals surface area (Å²) in [4.78, 5) is 11.4. The molecule has 5 heteroatoms. The van der Waals surface area contributed by atoms with Crippen LogP contribution in [0, 0.1) is 0 Å². The maximum atomic E-state index is 12.4. The number of benzene rings is 2. The summed E-state index contributed by atoms with van der Waals surface area (Å²) >= 11 is 5.81. The van der Waals surface area contributed by atoms with Crippen LogP contribution in [0.5, 0.6) is 0 Å². The number of carboxylic acids is 1. The Morgan fingerprint density at radius 1 is 1.05 bits per heavy atom. The van der Waals surface area contributed by atoms with Gasteiger partial charge in [-0.25, -0.2) is 0 Å². The minimum atomic E-state index is -1.46. The first-order valence-electron chi connectivity index (χ1n) is 6.94. The van der Waals surface area contributed by atoms with Crippen LogP contribution in [0.15, 0.2) is 54.6 Å². The Bertz CT molecular complexity index is 641. The first-order chi connectivity index (χ1) is 10.6. The van der Waals surface area contributed by atoms with Gasteiger partial charge < -0.3 is 5.11 Å². The van der Waals surface area contributed by atoms with E-state index in [1.165, 1.54) is 0 Å². The minimum Gasteiger partial charge on any atom is -0.480 e. The molecule has 0 amide bonds. The predicted molar refractivity (Wildman–Crippen MR) is 89.5 cm³/mol. The molecule has 116 valence electrons. The molecule has 2 aromatic rings. The van der Waals surface area contributed by atoms with Crippen LogP contribution in [0.4, 0.5) is 0 Å². The van der Waals surface area contributed by atoms with Gasteiger partial charge >= 0.3 is 5.97 Å². The van der Waals surface area contributed by atoms with Crippen molar-refractivity contribution in [3.8, 4) is 0 Å². The molecule has 0 radical (unpaired) electrons. The summed E-state index contributed by atoms with van der Waals surface area (Å²) in [5.41, 5.74) is 1.88. The van der Waals surface area contributed by atoms with Gasteiger partial charge in [-0.1, -0.05) is 54.1 Å². The second kappa shape index (κ2) is 8.11. The molecule has 2 unspecified atom stereocenters. The van der Waals surface area contributed by atoms with Crippen LogP contribution in [-0.4, -0.2) is 20.5 Å². The third-order valence-electron chi connectivity index (χ3n) is 3.35. The Morgan fingerprint density at radius 3 is 2.27 bits per heavy atom. The van der Waals surface area contributed by atoms with Crippen LogP contribution in [0.3, 0.4) is 0 Å². The Morgan fingerprint density at radius 2 is 1.68 bits per heavy atom. The normalized spacial score (nSPS) is 13.5. The van der Waals surface area contributed by atoms with Crippen LogP contribution in [0.25, 0.3) is 0 Å². The van der Waals surface area contributed by atoms with Gasteiger partial charge in [0.1, 0.15) is 5.25 Å². The molecule has 0 aliphatic carbocycles. The number of hydrogen-bond donors (Lipinski definition) is 1. The highest BCUT2D eigenvalue weighted by atomic mass is 35.5. The van der Waals surface area contributed by atoms with Gasteiger partial charge in [0, 0.05) is 21.6 Å². The SMILES string of the molecule is O=C(O)C(CCc1ccccc1)S(=O)Cc1ccc(Cl)cc1. The summed E-state index contributed by atoms with van der Waals surface area (Å²) in [6, 6.07) is 16.6. The molecular weight excluding hydrogens is 320 g/mol. The molecule has 0 saturated carbocycles. The molecule has 2 rings (SSSR count). The highest BCUT2D eigenvalue weighted by Gasteiger charge is 2.24. The minimum absolute atomic E-state index is 0.225. The van der Waals surface area contributed by atoms with Crippen molar-refractivity contribution in [3.05, 3.63) is 70.7 Å². The number of carbonyl (C=O) groups is 1. The Labute approximate surface area is 137 Å². The van der Waals surface area contributed by atoms with Gasteiger partial charge in [0.25, 0.3) is 0 Å². The monoisotopic (exact) mass is 336 g/mol. The summed E-state index contributed by atoms with van der Waals surface area (Å²) in [6.45, 7) is 0. The van der Waals surface area contributed by atoms with Gasteiger partial charge in [-0.15, -0.1) is 0 Å². The summed E-state index contributed by atoms with van der Waals surface area (Å²) in [5.74, 6) is -0.786. The summed E-state index contributed by atoms with van der Waals surface area (Å²) in [5, 5.41) is 9.07. The van der Waals surface area contributed by atoms with E-state index >= 15 is 0 Å². The lowest BCUT2D eigenvalue weighted by molar-refractivity contribution is -0.136. The van der Waals surface area contributed by atoms with Crippen molar-refractivity contribution in [2.45, 2.75) is 23.8 Å². The van der Waals surface area contributed by atoms with Gasteiger partial charge in [0.2, 0.25) is 0 Å². The second-order valence-electron chi connectivity index (χ2n) is 5.00. The van der Waals surface area contributed by atoms with E-state index in [0.717, 1.165) is 11.1 Å². The standard InChI is InChI=1S/C17H17ClO3S/c18-15-9-6-14(7-10-15)12-22(21)16(17(19)20)11-8-13-4-2-1-3-5-13/h1-7,9-10,16H,8,11-12H2,(H,19,20). The molecule has 2 aromatic carbocycles. The van der Waals surface area contributed by atoms with Crippen LogP contribution >= 0.6 is 11.6 Å². The first kappa shape index (κ1) is 16.7. The molecule has 0 fully saturated rings. The molecule has 0 saturated heterocycles. The van der Waals surface area contributed by atoms with Gasteiger partial charge in [0.05, 0.1) is 0 Å². The molecular formula is C17H17ClO3S. The fraction of sp³-hybridized carbons (Fsp3) is 0.235. The molecule has 3 nitrogen and oxygen atoms in total. The van der Waals surface area contributed by atoms with E-state index in [-0.39, 0.29) is 5.75 Å². The highest BCUT2D eigenvalue weighted by molar-refractivity contribution is 7.85. The fourth-order valence-corrected chi connectivity index (χ4v) is 3.61. The molecule has 0 heterocycles. The molecule has 0 spiro atoms. The average Bonchev–Trinajstić information content (AvgIpc) is 2.50. The zero-order chi connectivity index (χ0) is 15.9. The second-order valence-corrected chi connectivity index (χ2v) is 7.06. The van der Waals surface area contributed by atoms with E-state index in [0.29, 0.717) is 17.9 Å². The third kappa shape index (κ3) is 4.97. The first-order valence-corrected chi connectivity index (χ1v) is 8.70. The van der Waals surface area contributed by atoms with Gasteiger partial charge in [-0.2, -0.15) is 0 Å². The van der Waals surface area contributed by atoms with Crippen molar-refractivity contribution in [1.82, 2.24) is 0 Å². The van der Waals surface area contributed by atoms with Gasteiger partial charge in [-0.3, -0.25) is 9.00 Å². The number of hydrogen-bond acceptors (Lipinski definition) is 2. The molecule has 0 aliphatic heterocycles. The fourth-order valence-electron chi connectivity index (χ4n) is 2.16. The quantitative estimate of drug-likeness (QED) is 0.839. The number of aliphatic carboxylic acids is 1. The van der Waals surface area contributed by atoms with Gasteiger partial charge in [0.15, 0.2) is 0 Å². The largest absolute Gasteiger partial charge is 0.480 e. The predicted octanol–water partition coefficient (Wildman–Crippen LogP) is 3.67. The molecule has 22 heavy (non-hydrogen) atoms. The van der Waals surface area contributed by atoms with Crippen molar-refractivity contribution < 1.29 is 14.1 Å². The van der Waals surface area contributed by atoms with Crippen molar-refractivity contribution >= 4 is 28.4 Å². The third-order valence-corrected chi connectivity index (χ3v) is 5.29. The van der Waals surface area contributed by atoms with Crippen LogP contribution in [0.2, 0.25) is 5.02 Å². The zero-order valence-corrected chi connectivity index (χ0v) is 13.5. The Kier molecular flexibility index (Phi) is 6.16.